The number of nitrogens with zero attached hydrogens (tertiary/aromatic N) is 1. The summed E-state index contributed by atoms with van der Waals surface area (Å²) in [7, 11) is 0. The van der Waals surface area contributed by atoms with Crippen molar-refractivity contribution in [1.29, 1.82) is 0 Å². The van der Waals surface area contributed by atoms with E-state index >= 15 is 0 Å². The first-order chi connectivity index (χ1) is 41.5. The van der Waals surface area contributed by atoms with Crippen LogP contribution in [0.2, 0.25) is 0 Å². The van der Waals surface area contributed by atoms with E-state index in [0.717, 1.165) is 101 Å². The lowest BCUT2D eigenvalue weighted by molar-refractivity contribution is 0.554. The smallest absolute Gasteiger partial charge is 0.143 e. The molecular weight excluding hydrogens is 1020 g/mol. The van der Waals surface area contributed by atoms with E-state index in [2.05, 4.69) is 292 Å². The number of para-hydroxylation sites is 3. The minimum Gasteiger partial charge on any atom is -0.460 e. The van der Waals surface area contributed by atoms with Gasteiger partial charge in [0.2, 0.25) is 0 Å². The van der Waals surface area contributed by atoms with Crippen molar-refractivity contribution in [3.63, 3.8) is 0 Å². The fourth-order valence-electron chi connectivity index (χ4n) is 13.3. The van der Waals surface area contributed by atoms with Gasteiger partial charge in [-0.3, -0.25) is 0 Å². The highest BCUT2D eigenvalue weighted by Crippen LogP contribution is 2.47. The van der Waals surface area contributed by atoms with Crippen LogP contribution in [0.5, 0.6) is 0 Å². The van der Waals surface area contributed by atoms with E-state index in [1.807, 2.05) is 12.2 Å². The molecule has 3 heteroatoms. The molecule has 12 aromatic carbocycles. The van der Waals surface area contributed by atoms with E-state index in [0.29, 0.717) is 6.42 Å². The monoisotopic (exact) mass is 1080 g/mol. The molecule has 15 aromatic rings. The standard InChI is InChI=1S/C81H59NO2/c1-4-6-10-24-52(3)61-35-20-38-70-66(23-5-2)76(83-79(61)70)48-53-41-44-64-65-45-43-59(63-37-22-40-72-71-39-21-36-62(80(71)84-81(63)72)54-25-11-7-12-26-54)51-75(65)82(74(64)47-53)60-32-19-31-57(49-60)58-42-46-69-73(50-58)78(56-29-15-9-16-30-56)68-34-18-17-33-67(68)77(69)55-27-13-8-14-28-55/h4-23,25-47,49-52H,1,24,48H2,2-3H3/b10-6-,23-5-. The molecule has 3 nitrogen and oxygen atoms in total. The first-order valence-electron chi connectivity index (χ1n) is 29.2. The molecule has 1 atom stereocenters. The van der Waals surface area contributed by atoms with E-state index < -0.39 is 0 Å². The summed E-state index contributed by atoms with van der Waals surface area (Å²) in [6.07, 6.45) is 11.9. The second-order valence-electron chi connectivity index (χ2n) is 22.2. The summed E-state index contributed by atoms with van der Waals surface area (Å²) in [5, 5.41) is 10.6. The van der Waals surface area contributed by atoms with Gasteiger partial charge in [-0.25, -0.2) is 0 Å². The van der Waals surface area contributed by atoms with Crippen LogP contribution in [0.15, 0.2) is 288 Å². The average Bonchev–Trinajstić information content (AvgIpc) is 1.54. The van der Waals surface area contributed by atoms with Gasteiger partial charge in [-0.05, 0) is 127 Å². The molecule has 0 fully saturated rings. The van der Waals surface area contributed by atoms with Crippen molar-refractivity contribution in [3.8, 4) is 61.3 Å². The highest BCUT2D eigenvalue weighted by Gasteiger charge is 2.23. The third-order valence-corrected chi connectivity index (χ3v) is 17.2. The van der Waals surface area contributed by atoms with Crippen LogP contribution in [0.25, 0.3) is 144 Å². The van der Waals surface area contributed by atoms with E-state index in [-0.39, 0.29) is 5.92 Å². The van der Waals surface area contributed by atoms with Gasteiger partial charge < -0.3 is 13.4 Å². The Bertz CT molecular complexity index is 5110. The lowest BCUT2D eigenvalue weighted by Gasteiger charge is -2.19. The second kappa shape index (κ2) is 21.1. The number of hydrogen-bond donors (Lipinski definition) is 0. The number of rotatable bonds is 13. The van der Waals surface area contributed by atoms with Crippen LogP contribution < -0.4 is 0 Å². The van der Waals surface area contributed by atoms with E-state index in [1.54, 1.807) is 0 Å². The molecule has 0 N–H and O–H groups in total. The number of furan rings is 2. The summed E-state index contributed by atoms with van der Waals surface area (Å²) in [5.74, 6) is 1.23. The third kappa shape index (κ3) is 8.59. The molecule has 400 valence electrons. The minimum atomic E-state index is 0.271. The zero-order valence-corrected chi connectivity index (χ0v) is 47.0. The summed E-state index contributed by atoms with van der Waals surface area (Å²) >= 11 is 0. The molecule has 0 aliphatic rings. The Morgan fingerprint density at radius 1 is 0.429 bits per heavy atom. The molecule has 0 saturated heterocycles. The fraction of sp³-hybridized carbons (Fsp3) is 0.0617. The zero-order valence-electron chi connectivity index (χ0n) is 47.0. The Labute approximate surface area is 489 Å². The minimum absolute atomic E-state index is 0.271. The highest BCUT2D eigenvalue weighted by molar-refractivity contribution is 6.22. The number of fused-ring (bicyclic) bond motifs is 9. The first-order valence-corrected chi connectivity index (χ1v) is 29.2. The van der Waals surface area contributed by atoms with Gasteiger partial charge in [-0.2, -0.15) is 0 Å². The fourth-order valence-corrected chi connectivity index (χ4v) is 13.3. The van der Waals surface area contributed by atoms with Gasteiger partial charge in [-0.1, -0.05) is 262 Å². The first kappa shape index (κ1) is 50.5. The summed E-state index contributed by atoms with van der Waals surface area (Å²) in [6, 6.07) is 91.0. The van der Waals surface area contributed by atoms with Gasteiger partial charge in [0.05, 0.1) is 11.0 Å². The van der Waals surface area contributed by atoms with E-state index in [1.165, 1.54) is 65.7 Å². The molecule has 0 bridgehead atoms. The van der Waals surface area contributed by atoms with Gasteiger partial charge in [-0.15, -0.1) is 0 Å². The maximum absolute atomic E-state index is 7.03. The predicted octanol–water partition coefficient (Wildman–Crippen LogP) is 22.9. The highest BCUT2D eigenvalue weighted by atomic mass is 16.3. The number of hydrogen-bond acceptors (Lipinski definition) is 2. The normalized spacial score (nSPS) is 12.4. The number of allylic oxidation sites excluding steroid dienone is 4. The maximum atomic E-state index is 7.03. The Balaban J connectivity index is 0.927. The molecule has 0 saturated carbocycles. The van der Waals surface area contributed by atoms with Crippen molar-refractivity contribution in [2.45, 2.75) is 32.6 Å². The Morgan fingerprint density at radius 2 is 0.964 bits per heavy atom. The number of benzene rings is 12. The van der Waals surface area contributed by atoms with Crippen LogP contribution in [-0.2, 0) is 6.42 Å². The summed E-state index contributed by atoms with van der Waals surface area (Å²) in [4.78, 5) is 0. The molecule has 0 amide bonds. The molecule has 0 spiro atoms. The molecule has 84 heavy (non-hydrogen) atoms. The zero-order chi connectivity index (χ0) is 56.3. The van der Waals surface area contributed by atoms with Gasteiger partial charge in [0.25, 0.3) is 0 Å². The number of aromatic nitrogens is 1. The molecule has 3 heterocycles. The summed E-state index contributed by atoms with van der Waals surface area (Å²) in [6.45, 7) is 8.25. The molecule has 3 aromatic heterocycles. The second-order valence-corrected chi connectivity index (χ2v) is 22.2. The van der Waals surface area contributed by atoms with Gasteiger partial charge in [0.15, 0.2) is 0 Å². The maximum Gasteiger partial charge on any atom is 0.143 e. The van der Waals surface area contributed by atoms with Crippen LogP contribution in [-0.4, -0.2) is 4.57 Å². The van der Waals surface area contributed by atoms with Crippen LogP contribution in [0, 0.1) is 0 Å². The van der Waals surface area contributed by atoms with Crippen molar-refractivity contribution in [3.05, 3.63) is 302 Å². The van der Waals surface area contributed by atoms with Crippen molar-refractivity contribution in [2.75, 3.05) is 0 Å². The van der Waals surface area contributed by atoms with Crippen LogP contribution in [0.1, 0.15) is 48.6 Å². The van der Waals surface area contributed by atoms with Crippen LogP contribution >= 0.6 is 0 Å². The summed E-state index contributed by atoms with van der Waals surface area (Å²) in [5.41, 5.74) is 21.1. The lowest BCUT2D eigenvalue weighted by atomic mass is 9.85. The SMILES string of the molecule is C=C/C=C\CC(C)c1cccc2c(/C=C\C)c(Cc3ccc4c5ccc(-c6cccc7c6oc6c(-c8ccccc8)cccc67)cc5n(-c5cccc(-c6ccc7c(-c8ccccc8)c8ccccc8c(-c8ccccc8)c7c6)c5)c4c3)oc12. The quantitative estimate of drug-likeness (QED) is 0.0851. The molecule has 0 aliphatic carbocycles. The van der Waals surface area contributed by atoms with E-state index in [4.69, 9.17) is 8.83 Å². The average molecular weight is 1080 g/mol. The Hall–Kier alpha value is -10.5. The van der Waals surface area contributed by atoms with Crippen LogP contribution in [0.3, 0.4) is 0 Å². The molecule has 15 rings (SSSR count). The van der Waals surface area contributed by atoms with Gasteiger partial charge in [0, 0.05) is 55.7 Å². The molecule has 1 unspecified atom stereocenters. The van der Waals surface area contributed by atoms with Crippen LogP contribution in [0.4, 0.5) is 0 Å². The third-order valence-electron chi connectivity index (χ3n) is 17.2. The molecular formula is C81H59NO2. The molecule has 0 radical (unpaired) electrons. The van der Waals surface area contributed by atoms with Gasteiger partial charge >= 0.3 is 0 Å². The van der Waals surface area contributed by atoms with Crippen molar-refractivity contribution < 1.29 is 8.83 Å². The Morgan fingerprint density at radius 3 is 1.65 bits per heavy atom. The summed E-state index contributed by atoms with van der Waals surface area (Å²) < 4.78 is 16.5. The van der Waals surface area contributed by atoms with Gasteiger partial charge in [0.1, 0.15) is 22.5 Å². The van der Waals surface area contributed by atoms with E-state index in [9.17, 15) is 0 Å². The lowest BCUT2D eigenvalue weighted by Crippen LogP contribution is -1.96. The molecule has 0 aliphatic heterocycles. The van der Waals surface area contributed by atoms with Crippen molar-refractivity contribution in [2.24, 2.45) is 0 Å². The topological polar surface area (TPSA) is 31.2 Å². The predicted molar refractivity (Wildman–Crippen MR) is 356 cm³/mol. The van der Waals surface area contributed by atoms with Crippen molar-refractivity contribution in [1.82, 2.24) is 4.57 Å². The largest absolute Gasteiger partial charge is 0.460 e. The Kier molecular flexibility index (Phi) is 12.7. The van der Waals surface area contributed by atoms with Crippen molar-refractivity contribution >= 4 is 82.3 Å².